The van der Waals surface area contributed by atoms with Gasteiger partial charge < -0.3 is 0 Å². The van der Waals surface area contributed by atoms with Gasteiger partial charge in [0.1, 0.15) is 4.88 Å². The number of aryl methyl sites for hydroxylation is 2. The summed E-state index contributed by atoms with van der Waals surface area (Å²) in [5.74, 6) is -0.150. The average Bonchev–Trinajstić information content (AvgIpc) is 3.20. The van der Waals surface area contributed by atoms with Crippen molar-refractivity contribution in [1.29, 1.82) is 0 Å². The first-order valence-electron chi connectivity index (χ1n) is 7.80. The lowest BCUT2D eigenvalue weighted by molar-refractivity contribution is 0.103. The summed E-state index contributed by atoms with van der Waals surface area (Å²) in [6.07, 6.45) is 0. The van der Waals surface area contributed by atoms with Crippen LogP contribution in [0.25, 0.3) is 22.0 Å². The van der Waals surface area contributed by atoms with Crippen LogP contribution in [0.5, 0.6) is 0 Å². The van der Waals surface area contributed by atoms with Gasteiger partial charge in [0.25, 0.3) is 5.91 Å². The third-order valence-corrected chi connectivity index (χ3v) is 5.71. The van der Waals surface area contributed by atoms with Crippen LogP contribution in [-0.2, 0) is 0 Å². The first kappa shape index (κ1) is 15.9. The molecule has 0 aliphatic carbocycles. The highest BCUT2D eigenvalue weighted by Gasteiger charge is 2.15. The van der Waals surface area contributed by atoms with E-state index in [1.807, 2.05) is 31.4 Å². The first-order chi connectivity index (χ1) is 12.1. The normalized spacial score (nSPS) is 11.0. The minimum atomic E-state index is -0.150. The Bertz CT molecular complexity index is 1080. The highest BCUT2D eigenvalue weighted by atomic mass is 32.1. The van der Waals surface area contributed by atoms with E-state index < -0.39 is 0 Å². The van der Waals surface area contributed by atoms with Crippen LogP contribution in [-0.4, -0.2) is 15.9 Å². The molecule has 0 atom stereocenters. The van der Waals surface area contributed by atoms with Crippen LogP contribution < -0.4 is 5.32 Å². The Morgan fingerprint density at radius 3 is 2.60 bits per heavy atom. The molecule has 4 rings (SSSR count). The van der Waals surface area contributed by atoms with Crippen molar-refractivity contribution in [3.05, 3.63) is 63.4 Å². The Labute approximate surface area is 153 Å². The number of hydrogen-bond acceptors (Lipinski definition) is 5. The first-order valence-corrected chi connectivity index (χ1v) is 9.50. The number of benzene rings is 2. The minimum absolute atomic E-state index is 0.150. The number of rotatable bonds is 3. The van der Waals surface area contributed by atoms with Gasteiger partial charge in [-0.1, -0.05) is 36.4 Å². The molecule has 6 heteroatoms. The van der Waals surface area contributed by atoms with E-state index >= 15 is 0 Å². The molecule has 4 nitrogen and oxygen atoms in total. The Morgan fingerprint density at radius 1 is 1.04 bits per heavy atom. The van der Waals surface area contributed by atoms with Crippen molar-refractivity contribution in [2.75, 3.05) is 5.32 Å². The maximum Gasteiger partial charge on any atom is 0.269 e. The molecule has 2 heterocycles. The van der Waals surface area contributed by atoms with Gasteiger partial charge in [0.15, 0.2) is 5.13 Å². The number of hydrogen-bond donors (Lipinski definition) is 1. The van der Waals surface area contributed by atoms with Crippen molar-refractivity contribution < 1.29 is 4.79 Å². The van der Waals surface area contributed by atoms with Crippen LogP contribution in [0.2, 0.25) is 0 Å². The quantitative estimate of drug-likeness (QED) is 0.537. The van der Waals surface area contributed by atoms with Gasteiger partial charge in [0.2, 0.25) is 0 Å². The zero-order chi connectivity index (χ0) is 17.4. The van der Waals surface area contributed by atoms with Crippen molar-refractivity contribution >= 4 is 44.5 Å². The molecular weight excluding hydrogens is 350 g/mol. The molecule has 0 fully saturated rings. The Balaban J connectivity index is 1.59. The van der Waals surface area contributed by atoms with E-state index in [2.05, 4.69) is 45.6 Å². The smallest absolute Gasteiger partial charge is 0.269 e. The predicted molar refractivity (Wildman–Crippen MR) is 105 cm³/mol. The fourth-order valence-electron chi connectivity index (χ4n) is 2.71. The van der Waals surface area contributed by atoms with Gasteiger partial charge in [0, 0.05) is 10.9 Å². The second-order valence-electron chi connectivity index (χ2n) is 5.70. The number of thiazole rings is 2. The van der Waals surface area contributed by atoms with Gasteiger partial charge >= 0.3 is 0 Å². The van der Waals surface area contributed by atoms with Crippen LogP contribution >= 0.6 is 22.7 Å². The van der Waals surface area contributed by atoms with Crippen LogP contribution in [0.15, 0.2) is 47.8 Å². The molecule has 1 amide bonds. The Morgan fingerprint density at radius 2 is 1.84 bits per heavy atom. The lowest BCUT2D eigenvalue weighted by atomic mass is 10.1. The number of nitrogens with zero attached hydrogens (tertiary/aromatic N) is 2. The molecule has 4 aromatic rings. The van der Waals surface area contributed by atoms with Gasteiger partial charge in [-0.2, -0.15) is 0 Å². The molecule has 0 saturated carbocycles. The standard InChI is InChI=1S/C19H15N3OS2/c1-11-17(25-12(2)20-11)18(23)22-19-21-16(10-24-19)15-8-7-13-5-3-4-6-14(13)9-15/h3-10H,1-2H3,(H,21,22,23). The van der Waals surface area contributed by atoms with E-state index in [1.165, 1.54) is 33.4 Å². The molecule has 2 aromatic heterocycles. The monoisotopic (exact) mass is 365 g/mol. The van der Waals surface area contributed by atoms with Crippen molar-refractivity contribution in [2.24, 2.45) is 0 Å². The summed E-state index contributed by atoms with van der Waals surface area (Å²) in [6, 6.07) is 14.5. The van der Waals surface area contributed by atoms with Crippen molar-refractivity contribution in [1.82, 2.24) is 9.97 Å². The maximum atomic E-state index is 12.4. The summed E-state index contributed by atoms with van der Waals surface area (Å²) in [6.45, 7) is 3.75. The number of nitrogens with one attached hydrogen (secondary N) is 1. The van der Waals surface area contributed by atoms with Gasteiger partial charge in [-0.15, -0.1) is 22.7 Å². The van der Waals surface area contributed by atoms with E-state index in [4.69, 9.17) is 0 Å². The van der Waals surface area contributed by atoms with E-state index in [9.17, 15) is 4.79 Å². The SMILES string of the molecule is Cc1nc(C)c(C(=O)Nc2nc(-c3ccc4ccccc4c3)cs2)s1. The molecule has 0 spiro atoms. The molecule has 0 unspecified atom stereocenters. The van der Waals surface area contributed by atoms with E-state index in [0.29, 0.717) is 10.0 Å². The zero-order valence-electron chi connectivity index (χ0n) is 13.7. The number of fused-ring (bicyclic) bond motifs is 1. The van der Waals surface area contributed by atoms with Crippen molar-refractivity contribution in [3.63, 3.8) is 0 Å². The minimum Gasteiger partial charge on any atom is -0.297 e. The summed E-state index contributed by atoms with van der Waals surface area (Å²) in [4.78, 5) is 21.9. The summed E-state index contributed by atoms with van der Waals surface area (Å²) >= 11 is 2.83. The molecule has 25 heavy (non-hydrogen) atoms. The van der Waals surface area contributed by atoms with E-state index in [1.54, 1.807) is 0 Å². The van der Waals surface area contributed by atoms with Crippen molar-refractivity contribution in [2.45, 2.75) is 13.8 Å². The molecule has 0 bridgehead atoms. The van der Waals surface area contributed by atoms with Crippen LogP contribution in [0.4, 0.5) is 5.13 Å². The Hall–Kier alpha value is -2.57. The molecule has 124 valence electrons. The number of anilines is 1. The zero-order valence-corrected chi connectivity index (χ0v) is 15.4. The summed E-state index contributed by atoms with van der Waals surface area (Å²) in [5.41, 5.74) is 2.66. The van der Waals surface area contributed by atoms with Gasteiger partial charge in [-0.25, -0.2) is 9.97 Å². The fourth-order valence-corrected chi connectivity index (χ4v) is 4.24. The highest BCUT2D eigenvalue weighted by molar-refractivity contribution is 7.15. The lowest BCUT2D eigenvalue weighted by Crippen LogP contribution is -2.11. The predicted octanol–water partition coefficient (Wildman–Crippen LogP) is 5.29. The maximum absolute atomic E-state index is 12.4. The van der Waals surface area contributed by atoms with Crippen LogP contribution in [0.3, 0.4) is 0 Å². The van der Waals surface area contributed by atoms with Gasteiger partial charge in [-0.3, -0.25) is 10.1 Å². The van der Waals surface area contributed by atoms with E-state index in [-0.39, 0.29) is 5.91 Å². The molecule has 0 aliphatic rings. The number of aromatic nitrogens is 2. The van der Waals surface area contributed by atoms with Crippen molar-refractivity contribution in [3.8, 4) is 11.3 Å². The lowest BCUT2D eigenvalue weighted by Gasteiger charge is -2.01. The summed E-state index contributed by atoms with van der Waals surface area (Å²) < 4.78 is 0. The average molecular weight is 365 g/mol. The Kier molecular flexibility index (Phi) is 4.07. The second-order valence-corrected chi connectivity index (χ2v) is 7.76. The van der Waals surface area contributed by atoms with Gasteiger partial charge in [0.05, 0.1) is 16.4 Å². The topological polar surface area (TPSA) is 54.9 Å². The molecular formula is C19H15N3OS2. The third-order valence-electron chi connectivity index (χ3n) is 3.88. The number of carbonyl (C=O) groups excluding carboxylic acids is 1. The fraction of sp³-hybridized carbons (Fsp3) is 0.105. The van der Waals surface area contributed by atoms with Crippen LogP contribution in [0, 0.1) is 13.8 Å². The molecule has 2 aromatic carbocycles. The van der Waals surface area contributed by atoms with E-state index in [0.717, 1.165) is 22.0 Å². The molecule has 0 aliphatic heterocycles. The van der Waals surface area contributed by atoms with Gasteiger partial charge in [-0.05, 0) is 30.7 Å². The molecule has 0 radical (unpaired) electrons. The van der Waals surface area contributed by atoms with Crippen LogP contribution in [0.1, 0.15) is 20.4 Å². The highest BCUT2D eigenvalue weighted by Crippen LogP contribution is 2.28. The summed E-state index contributed by atoms with van der Waals surface area (Å²) in [7, 11) is 0. The third kappa shape index (κ3) is 3.18. The second kappa shape index (κ2) is 6.38. The summed E-state index contributed by atoms with van der Waals surface area (Å²) in [5, 5.41) is 8.70. The molecule has 1 N–H and O–H groups in total. The number of carbonyl (C=O) groups is 1. The largest absolute Gasteiger partial charge is 0.297 e. The molecule has 0 saturated heterocycles. The number of amides is 1.